The molecule has 2 N–H and O–H groups in total. The zero-order valence-electron chi connectivity index (χ0n) is 11.8. The molecule has 9 heteroatoms. The Morgan fingerprint density at radius 3 is 3.00 bits per heavy atom. The lowest BCUT2D eigenvalue weighted by atomic mass is 10.2. The molecule has 23 heavy (non-hydrogen) atoms. The predicted molar refractivity (Wildman–Crippen MR) is 85.1 cm³/mol. The van der Waals surface area contributed by atoms with Gasteiger partial charge in [0.1, 0.15) is 11.8 Å². The minimum Gasteiger partial charge on any atom is -0.447 e. The van der Waals surface area contributed by atoms with Gasteiger partial charge in [0.25, 0.3) is 0 Å². The highest BCUT2D eigenvalue weighted by atomic mass is 35.5. The molecule has 0 atom stereocenters. The number of aromatic nitrogens is 4. The van der Waals surface area contributed by atoms with Gasteiger partial charge in [-0.2, -0.15) is 5.10 Å². The van der Waals surface area contributed by atoms with Crippen molar-refractivity contribution in [2.75, 3.05) is 23.4 Å². The Hall–Kier alpha value is -2.87. The first-order valence-electron chi connectivity index (χ1n) is 6.88. The van der Waals surface area contributed by atoms with Crippen molar-refractivity contribution in [2.45, 2.75) is 0 Å². The van der Waals surface area contributed by atoms with E-state index in [9.17, 15) is 4.79 Å². The Morgan fingerprint density at radius 2 is 2.26 bits per heavy atom. The fourth-order valence-corrected chi connectivity index (χ4v) is 2.49. The number of cyclic esters (lactones) is 1. The molecule has 3 aromatic rings. The first kappa shape index (κ1) is 13.8. The van der Waals surface area contributed by atoms with Crippen molar-refractivity contribution in [1.82, 2.24) is 20.2 Å². The van der Waals surface area contributed by atoms with Crippen LogP contribution >= 0.6 is 11.6 Å². The molecule has 1 fully saturated rings. The molecule has 1 aliphatic heterocycles. The zero-order valence-corrected chi connectivity index (χ0v) is 12.5. The molecule has 8 nitrogen and oxygen atoms in total. The van der Waals surface area contributed by atoms with E-state index in [-0.39, 0.29) is 6.09 Å². The average Bonchev–Trinajstić information content (AvgIpc) is 3.15. The van der Waals surface area contributed by atoms with Crippen LogP contribution in [0.25, 0.3) is 10.9 Å². The number of amides is 1. The number of carbonyl (C=O) groups excluding carboxylic acids is 1. The molecule has 0 aliphatic carbocycles. The minimum absolute atomic E-state index is 0.345. The Labute approximate surface area is 135 Å². The molecular weight excluding hydrogens is 320 g/mol. The molecular formula is C14H11ClN6O2. The lowest BCUT2D eigenvalue weighted by Crippen LogP contribution is -2.23. The highest BCUT2D eigenvalue weighted by molar-refractivity contribution is 6.32. The number of hydrogen-bond donors (Lipinski definition) is 2. The summed E-state index contributed by atoms with van der Waals surface area (Å²) in [6.07, 6.45) is 2.90. The topological polar surface area (TPSA) is 96.0 Å². The number of hydrogen-bond acceptors (Lipinski definition) is 6. The molecule has 116 valence electrons. The van der Waals surface area contributed by atoms with Crippen LogP contribution in [-0.2, 0) is 4.74 Å². The fraction of sp³-hybridized carbons (Fsp3) is 0.143. The third kappa shape index (κ3) is 2.53. The number of fused-ring (bicyclic) bond motifs is 1. The number of nitrogens with one attached hydrogen (secondary N) is 2. The van der Waals surface area contributed by atoms with Crippen LogP contribution in [0.1, 0.15) is 0 Å². The number of nitrogens with zero attached hydrogens (tertiary/aromatic N) is 4. The van der Waals surface area contributed by atoms with E-state index in [1.165, 1.54) is 0 Å². The standard InChI is InChI=1S/C14H11ClN6O2/c15-12-11(7-17-20-12)19-13-16-6-8-1-2-9(5-10(8)18-13)21-3-4-23-14(21)22/h1-2,5-7H,3-4H2,(H,17,20)(H,16,18,19). The Bertz CT molecular complexity index is 896. The summed E-state index contributed by atoms with van der Waals surface area (Å²) >= 11 is 5.94. The second-order valence-electron chi connectivity index (χ2n) is 4.93. The average molecular weight is 331 g/mol. The molecule has 1 amide bonds. The molecule has 1 aromatic carbocycles. The van der Waals surface area contributed by atoms with E-state index >= 15 is 0 Å². The van der Waals surface area contributed by atoms with Crippen LogP contribution < -0.4 is 10.2 Å². The summed E-state index contributed by atoms with van der Waals surface area (Å²) in [6.45, 7) is 0.928. The van der Waals surface area contributed by atoms with Gasteiger partial charge in [0, 0.05) is 17.3 Å². The summed E-state index contributed by atoms with van der Waals surface area (Å²) in [5.74, 6) is 0.391. The van der Waals surface area contributed by atoms with Gasteiger partial charge in [0.2, 0.25) is 5.95 Å². The Kier molecular flexibility index (Phi) is 3.23. The third-order valence-corrected chi connectivity index (χ3v) is 3.77. The normalized spacial score (nSPS) is 14.3. The smallest absolute Gasteiger partial charge is 0.414 e. The van der Waals surface area contributed by atoms with E-state index in [2.05, 4.69) is 25.5 Å². The number of ether oxygens (including phenoxy) is 1. The first-order chi connectivity index (χ1) is 11.2. The van der Waals surface area contributed by atoms with Crippen molar-refractivity contribution in [3.05, 3.63) is 35.7 Å². The van der Waals surface area contributed by atoms with Crippen LogP contribution in [0.3, 0.4) is 0 Å². The van der Waals surface area contributed by atoms with Crippen molar-refractivity contribution < 1.29 is 9.53 Å². The number of rotatable bonds is 3. The van der Waals surface area contributed by atoms with Crippen LogP contribution in [0.4, 0.5) is 22.1 Å². The van der Waals surface area contributed by atoms with Crippen molar-refractivity contribution in [1.29, 1.82) is 0 Å². The Balaban J connectivity index is 1.69. The maximum Gasteiger partial charge on any atom is 0.414 e. The number of H-pyrrole nitrogens is 1. The van der Waals surface area contributed by atoms with Crippen LogP contribution in [-0.4, -0.2) is 39.4 Å². The van der Waals surface area contributed by atoms with E-state index in [1.54, 1.807) is 17.3 Å². The highest BCUT2D eigenvalue weighted by Crippen LogP contribution is 2.25. The summed E-state index contributed by atoms with van der Waals surface area (Å²) in [5, 5.41) is 10.7. The first-order valence-corrected chi connectivity index (χ1v) is 7.25. The van der Waals surface area contributed by atoms with Gasteiger partial charge in [0.15, 0.2) is 0 Å². The van der Waals surface area contributed by atoms with Crippen molar-refractivity contribution in [3.63, 3.8) is 0 Å². The summed E-state index contributed by atoms with van der Waals surface area (Å²) in [7, 11) is 0. The van der Waals surface area contributed by atoms with Gasteiger partial charge < -0.3 is 10.1 Å². The molecule has 3 heterocycles. The molecule has 4 rings (SSSR count). The molecule has 0 spiro atoms. The van der Waals surface area contributed by atoms with Gasteiger partial charge in [-0.25, -0.2) is 14.8 Å². The summed E-state index contributed by atoms with van der Waals surface area (Å²) in [5.41, 5.74) is 2.04. The highest BCUT2D eigenvalue weighted by Gasteiger charge is 2.23. The van der Waals surface area contributed by atoms with E-state index < -0.39 is 0 Å². The van der Waals surface area contributed by atoms with Crippen molar-refractivity contribution in [3.8, 4) is 0 Å². The van der Waals surface area contributed by atoms with Crippen LogP contribution in [0, 0.1) is 0 Å². The maximum atomic E-state index is 11.7. The molecule has 0 radical (unpaired) electrons. The van der Waals surface area contributed by atoms with Crippen LogP contribution in [0.2, 0.25) is 5.15 Å². The van der Waals surface area contributed by atoms with E-state index in [4.69, 9.17) is 16.3 Å². The van der Waals surface area contributed by atoms with E-state index in [0.29, 0.717) is 35.5 Å². The van der Waals surface area contributed by atoms with Gasteiger partial charge >= 0.3 is 6.09 Å². The number of carbonyl (C=O) groups is 1. The molecule has 1 aliphatic rings. The van der Waals surface area contributed by atoms with Crippen LogP contribution in [0.15, 0.2) is 30.6 Å². The third-order valence-electron chi connectivity index (χ3n) is 3.48. The SMILES string of the molecule is O=C1OCCN1c1ccc2cnc(Nc3cn[nH]c3Cl)nc2c1. The van der Waals surface area contributed by atoms with Gasteiger partial charge in [-0.05, 0) is 18.2 Å². The van der Waals surface area contributed by atoms with Gasteiger partial charge in [-0.15, -0.1) is 0 Å². The molecule has 2 aromatic heterocycles. The monoisotopic (exact) mass is 330 g/mol. The summed E-state index contributed by atoms with van der Waals surface area (Å²) < 4.78 is 4.96. The van der Waals surface area contributed by atoms with Gasteiger partial charge in [-0.3, -0.25) is 10.00 Å². The quantitative estimate of drug-likeness (QED) is 0.766. The van der Waals surface area contributed by atoms with Crippen molar-refractivity contribution in [2.24, 2.45) is 0 Å². The van der Waals surface area contributed by atoms with E-state index in [1.807, 2.05) is 18.2 Å². The van der Waals surface area contributed by atoms with Gasteiger partial charge in [0.05, 0.1) is 23.9 Å². The molecule has 0 bridgehead atoms. The lowest BCUT2D eigenvalue weighted by Gasteiger charge is -2.13. The molecule has 0 unspecified atom stereocenters. The van der Waals surface area contributed by atoms with Gasteiger partial charge in [-0.1, -0.05) is 11.6 Å². The minimum atomic E-state index is -0.345. The second-order valence-corrected chi connectivity index (χ2v) is 5.30. The zero-order chi connectivity index (χ0) is 15.8. The predicted octanol–water partition coefficient (Wildman–Crippen LogP) is 2.71. The largest absolute Gasteiger partial charge is 0.447 e. The Morgan fingerprint density at radius 1 is 1.35 bits per heavy atom. The number of benzene rings is 1. The number of aromatic amines is 1. The summed E-state index contributed by atoms with van der Waals surface area (Å²) in [6, 6.07) is 5.54. The lowest BCUT2D eigenvalue weighted by molar-refractivity contribution is 0.181. The fourth-order valence-electron chi connectivity index (χ4n) is 2.35. The summed E-state index contributed by atoms with van der Waals surface area (Å²) in [4.78, 5) is 21.9. The maximum absolute atomic E-state index is 11.7. The van der Waals surface area contributed by atoms with Crippen LogP contribution in [0.5, 0.6) is 0 Å². The second kappa shape index (κ2) is 5.40. The number of anilines is 3. The molecule has 0 saturated carbocycles. The number of halogens is 1. The van der Waals surface area contributed by atoms with E-state index in [0.717, 1.165) is 11.1 Å². The molecule has 1 saturated heterocycles. The van der Waals surface area contributed by atoms with Crippen molar-refractivity contribution >= 4 is 45.9 Å².